The molecular weight excluding hydrogens is 316 g/mol. The van der Waals surface area contributed by atoms with Crippen molar-refractivity contribution in [3.63, 3.8) is 0 Å². The molecule has 1 aromatic carbocycles. The monoisotopic (exact) mass is 340 g/mol. The zero-order valence-corrected chi connectivity index (χ0v) is 14.7. The maximum absolute atomic E-state index is 12.2. The van der Waals surface area contributed by atoms with Crippen molar-refractivity contribution in [2.24, 2.45) is 5.92 Å². The van der Waals surface area contributed by atoms with E-state index in [1.54, 1.807) is 0 Å². The molecule has 0 bridgehead atoms. The normalized spacial score (nSPS) is 15.9. The molecule has 6 heteroatoms. The summed E-state index contributed by atoms with van der Waals surface area (Å²) in [5.74, 6) is 0.246. The molecule has 2 aromatic rings. The van der Waals surface area contributed by atoms with Gasteiger partial charge < -0.3 is 10.6 Å². The summed E-state index contributed by atoms with van der Waals surface area (Å²) in [7, 11) is 0. The molecule has 25 heavy (non-hydrogen) atoms. The third-order valence-corrected chi connectivity index (χ3v) is 4.20. The summed E-state index contributed by atoms with van der Waals surface area (Å²) in [6.07, 6.45) is 1.24. The Morgan fingerprint density at radius 2 is 2.04 bits per heavy atom. The first-order valence-electron chi connectivity index (χ1n) is 8.69. The van der Waals surface area contributed by atoms with Gasteiger partial charge in [0, 0.05) is 25.1 Å². The summed E-state index contributed by atoms with van der Waals surface area (Å²) in [4.78, 5) is 24.1. The fraction of sp³-hybridized carbons (Fsp3) is 0.421. The minimum Gasteiger partial charge on any atom is -0.351 e. The number of carbonyl (C=O) groups is 2. The fourth-order valence-corrected chi connectivity index (χ4v) is 3.04. The Kier molecular flexibility index (Phi) is 5.16. The Morgan fingerprint density at radius 3 is 2.72 bits per heavy atom. The summed E-state index contributed by atoms with van der Waals surface area (Å²) in [6, 6.07) is 11.7. The second-order valence-corrected chi connectivity index (χ2v) is 6.94. The molecule has 3 rings (SSSR count). The van der Waals surface area contributed by atoms with Crippen LogP contribution in [0.25, 0.3) is 0 Å². The van der Waals surface area contributed by atoms with Crippen LogP contribution in [0.15, 0.2) is 36.4 Å². The number of aromatic nitrogens is 2. The average Bonchev–Trinajstić information content (AvgIpc) is 3.11. The van der Waals surface area contributed by atoms with Crippen LogP contribution >= 0.6 is 0 Å². The van der Waals surface area contributed by atoms with E-state index in [1.807, 2.05) is 54.9 Å². The molecule has 2 heterocycles. The minimum absolute atomic E-state index is 0.0650. The van der Waals surface area contributed by atoms with Crippen LogP contribution in [0.4, 0.5) is 0 Å². The van der Waals surface area contributed by atoms with Crippen LogP contribution in [0.1, 0.15) is 42.0 Å². The molecule has 132 valence electrons. The van der Waals surface area contributed by atoms with Crippen LogP contribution in [0.5, 0.6) is 0 Å². The highest BCUT2D eigenvalue weighted by molar-refractivity contribution is 5.92. The van der Waals surface area contributed by atoms with Crippen molar-refractivity contribution in [3.05, 3.63) is 53.3 Å². The Balaban J connectivity index is 1.52. The van der Waals surface area contributed by atoms with Gasteiger partial charge in [-0.05, 0) is 17.5 Å². The van der Waals surface area contributed by atoms with E-state index in [2.05, 4.69) is 15.7 Å². The molecule has 0 spiro atoms. The minimum atomic E-state index is -0.175. The van der Waals surface area contributed by atoms with Crippen LogP contribution in [0.2, 0.25) is 0 Å². The Bertz CT molecular complexity index is 729. The smallest absolute Gasteiger partial charge is 0.272 e. The predicted octanol–water partition coefficient (Wildman–Crippen LogP) is 1.90. The third kappa shape index (κ3) is 4.47. The van der Waals surface area contributed by atoms with Gasteiger partial charge in [0.2, 0.25) is 5.91 Å². The molecule has 0 saturated carbocycles. The van der Waals surface area contributed by atoms with E-state index in [9.17, 15) is 9.59 Å². The molecule has 0 radical (unpaired) electrons. The number of hydrogen-bond acceptors (Lipinski definition) is 3. The van der Waals surface area contributed by atoms with Gasteiger partial charge in [-0.15, -0.1) is 0 Å². The van der Waals surface area contributed by atoms with Crippen LogP contribution in [-0.2, 0) is 24.3 Å². The summed E-state index contributed by atoms with van der Waals surface area (Å²) in [5, 5.41) is 10.3. The first-order valence-corrected chi connectivity index (χ1v) is 8.69. The van der Waals surface area contributed by atoms with Crippen molar-refractivity contribution in [1.29, 1.82) is 0 Å². The molecule has 0 aliphatic carbocycles. The zero-order chi connectivity index (χ0) is 17.8. The van der Waals surface area contributed by atoms with Gasteiger partial charge in [0.25, 0.3) is 5.91 Å². The van der Waals surface area contributed by atoms with Crippen molar-refractivity contribution in [2.75, 3.05) is 0 Å². The Labute approximate surface area is 147 Å². The molecule has 0 fully saturated rings. The van der Waals surface area contributed by atoms with E-state index in [-0.39, 0.29) is 17.9 Å². The van der Waals surface area contributed by atoms with E-state index >= 15 is 0 Å². The third-order valence-electron chi connectivity index (χ3n) is 4.20. The van der Waals surface area contributed by atoms with Gasteiger partial charge in [-0.25, -0.2) is 0 Å². The van der Waals surface area contributed by atoms with E-state index in [0.29, 0.717) is 37.5 Å². The first kappa shape index (κ1) is 17.2. The van der Waals surface area contributed by atoms with Gasteiger partial charge in [-0.3, -0.25) is 14.3 Å². The lowest BCUT2D eigenvalue weighted by atomic mass is 10.1. The first-order chi connectivity index (χ1) is 12.0. The van der Waals surface area contributed by atoms with Crippen molar-refractivity contribution in [3.8, 4) is 0 Å². The number of benzene rings is 1. The highest BCUT2D eigenvalue weighted by Crippen LogP contribution is 2.16. The highest BCUT2D eigenvalue weighted by Gasteiger charge is 2.26. The maximum Gasteiger partial charge on any atom is 0.272 e. The molecule has 1 atom stereocenters. The molecule has 2 N–H and O–H groups in total. The van der Waals surface area contributed by atoms with Crippen molar-refractivity contribution < 1.29 is 9.59 Å². The summed E-state index contributed by atoms with van der Waals surface area (Å²) in [5.41, 5.74) is 2.47. The lowest BCUT2D eigenvalue weighted by molar-refractivity contribution is -0.122. The Morgan fingerprint density at radius 1 is 1.28 bits per heavy atom. The number of carbonyl (C=O) groups excluding carboxylic acids is 2. The fourth-order valence-electron chi connectivity index (χ4n) is 3.04. The summed E-state index contributed by atoms with van der Waals surface area (Å²) >= 11 is 0. The Hall–Kier alpha value is -2.63. The van der Waals surface area contributed by atoms with E-state index in [0.717, 1.165) is 11.3 Å². The van der Waals surface area contributed by atoms with E-state index < -0.39 is 0 Å². The van der Waals surface area contributed by atoms with Gasteiger partial charge >= 0.3 is 0 Å². The van der Waals surface area contributed by atoms with Crippen molar-refractivity contribution in [1.82, 2.24) is 20.4 Å². The number of amides is 2. The molecular formula is C19H24N4O2. The number of nitrogens with zero attached hydrogens (tertiary/aromatic N) is 2. The van der Waals surface area contributed by atoms with E-state index in [1.165, 1.54) is 0 Å². The number of fused-ring (bicyclic) bond motifs is 1. The van der Waals surface area contributed by atoms with Crippen LogP contribution in [-0.4, -0.2) is 27.6 Å². The second kappa shape index (κ2) is 7.51. The van der Waals surface area contributed by atoms with Gasteiger partial charge in [0.05, 0.1) is 12.6 Å². The van der Waals surface area contributed by atoms with E-state index in [4.69, 9.17) is 0 Å². The molecule has 1 aliphatic heterocycles. The van der Waals surface area contributed by atoms with Gasteiger partial charge in [0.1, 0.15) is 5.69 Å². The van der Waals surface area contributed by atoms with Gasteiger partial charge in [0.15, 0.2) is 0 Å². The van der Waals surface area contributed by atoms with Crippen LogP contribution < -0.4 is 10.6 Å². The zero-order valence-electron chi connectivity index (χ0n) is 14.7. The van der Waals surface area contributed by atoms with Crippen molar-refractivity contribution in [2.45, 2.75) is 45.8 Å². The molecule has 1 aliphatic rings. The lowest BCUT2D eigenvalue weighted by Gasteiger charge is -2.12. The average molecular weight is 340 g/mol. The highest BCUT2D eigenvalue weighted by atomic mass is 16.2. The largest absolute Gasteiger partial charge is 0.351 e. The molecule has 1 unspecified atom stereocenters. The topological polar surface area (TPSA) is 76.0 Å². The van der Waals surface area contributed by atoms with Crippen LogP contribution in [0.3, 0.4) is 0 Å². The lowest BCUT2D eigenvalue weighted by Crippen LogP contribution is -2.36. The van der Waals surface area contributed by atoms with Crippen LogP contribution in [0, 0.1) is 5.92 Å². The van der Waals surface area contributed by atoms with Crippen molar-refractivity contribution >= 4 is 11.8 Å². The second-order valence-electron chi connectivity index (χ2n) is 6.94. The van der Waals surface area contributed by atoms with Gasteiger partial charge in [-0.2, -0.15) is 5.10 Å². The number of nitrogens with one attached hydrogen (secondary N) is 2. The standard InChI is InChI=1S/C19H24N4O2/c1-13(2)8-18(24)21-15-9-16-10-17(22-23(16)12-15)19(25)20-11-14-6-4-3-5-7-14/h3-7,10,13,15H,8-9,11-12H2,1-2H3,(H,20,25)(H,21,24). The summed E-state index contributed by atoms with van der Waals surface area (Å²) < 4.78 is 1.82. The maximum atomic E-state index is 12.2. The molecule has 6 nitrogen and oxygen atoms in total. The SMILES string of the molecule is CC(C)CC(=O)NC1Cc2cc(C(=O)NCc3ccccc3)nn2C1. The quantitative estimate of drug-likeness (QED) is 0.843. The van der Waals surface area contributed by atoms with Gasteiger partial charge in [-0.1, -0.05) is 44.2 Å². The molecule has 0 saturated heterocycles. The molecule has 2 amide bonds. The predicted molar refractivity (Wildman–Crippen MR) is 94.9 cm³/mol. The number of hydrogen-bond donors (Lipinski definition) is 2. The summed E-state index contributed by atoms with van der Waals surface area (Å²) in [6.45, 7) is 5.15. The number of rotatable bonds is 6. The molecule has 1 aromatic heterocycles.